The van der Waals surface area contributed by atoms with Gasteiger partial charge in [0.15, 0.2) is 0 Å². The van der Waals surface area contributed by atoms with Crippen molar-refractivity contribution in [2.24, 2.45) is 5.41 Å². The molecule has 0 amide bonds. The van der Waals surface area contributed by atoms with Crippen LogP contribution in [0.15, 0.2) is 41.4 Å². The zero-order chi connectivity index (χ0) is 22.3. The fourth-order valence-electron chi connectivity index (χ4n) is 2.85. The van der Waals surface area contributed by atoms with Gasteiger partial charge in [0.25, 0.3) is 0 Å². The summed E-state index contributed by atoms with van der Waals surface area (Å²) < 4.78 is 68.2. The lowest BCUT2D eigenvalue weighted by Crippen LogP contribution is -2.47. The number of aryl methyl sites for hydroxylation is 1. The van der Waals surface area contributed by atoms with Crippen molar-refractivity contribution in [2.75, 3.05) is 20.3 Å². The number of rotatable bonds is 5. The molecule has 1 saturated heterocycles. The van der Waals surface area contributed by atoms with Crippen LogP contribution in [0.3, 0.4) is 0 Å². The van der Waals surface area contributed by atoms with Crippen LogP contribution >= 0.6 is 0 Å². The van der Waals surface area contributed by atoms with Crippen LogP contribution < -0.4 is 5.46 Å². The number of hydrogen-bond donors (Lipinski definition) is 0. The summed E-state index contributed by atoms with van der Waals surface area (Å²) in [6.07, 6.45) is 1.01. The number of hydrogen-bond acceptors (Lipinski definition) is 8. The average Bonchev–Trinajstić information content (AvgIpc) is 3.13. The smallest absolute Gasteiger partial charge is 0.464 e. The monoisotopic (exact) mass is 455 g/mol. The van der Waals surface area contributed by atoms with Crippen LogP contribution in [0.25, 0.3) is 0 Å². The van der Waals surface area contributed by atoms with Gasteiger partial charge in [-0.15, -0.1) is 0 Å². The summed E-state index contributed by atoms with van der Waals surface area (Å²) in [6.45, 7) is 6.29. The first-order valence-corrected chi connectivity index (χ1v) is 12.4. The molecule has 0 spiro atoms. The summed E-state index contributed by atoms with van der Waals surface area (Å²) >= 11 is 0. The van der Waals surface area contributed by atoms with E-state index in [2.05, 4.69) is 4.74 Å². The standard InChI is InChI=1S/C18H22BNO8S2/c1-13-5-7-15(8-6-13)29(22,23)30(24,25)20-10-14(9-16(20)17(21)26-4)19-27-11-18(2,3)12-28-19/h5-10H,11-12H2,1-4H3. The van der Waals surface area contributed by atoms with Crippen molar-refractivity contribution in [3.05, 3.63) is 47.8 Å². The van der Waals surface area contributed by atoms with Gasteiger partial charge in [-0.1, -0.05) is 31.5 Å². The second kappa shape index (κ2) is 7.84. The van der Waals surface area contributed by atoms with Crippen LogP contribution in [0.2, 0.25) is 0 Å². The Kier molecular flexibility index (Phi) is 5.89. The molecule has 0 aliphatic carbocycles. The normalized spacial score (nSPS) is 17.0. The fourth-order valence-corrected chi connectivity index (χ4v) is 6.46. The van der Waals surface area contributed by atoms with Gasteiger partial charge < -0.3 is 14.0 Å². The number of esters is 1. The van der Waals surface area contributed by atoms with Gasteiger partial charge in [-0.05, 0) is 25.1 Å². The number of methoxy groups -OCH3 is 1. The minimum atomic E-state index is -5.05. The van der Waals surface area contributed by atoms with Gasteiger partial charge in [0.2, 0.25) is 0 Å². The Morgan fingerprint density at radius 2 is 1.67 bits per heavy atom. The Morgan fingerprint density at radius 3 is 2.20 bits per heavy atom. The van der Waals surface area contributed by atoms with Crippen molar-refractivity contribution < 1.29 is 35.7 Å². The molecule has 9 nitrogen and oxygen atoms in total. The molecule has 162 valence electrons. The van der Waals surface area contributed by atoms with E-state index in [9.17, 15) is 21.6 Å². The van der Waals surface area contributed by atoms with Gasteiger partial charge >= 0.3 is 31.0 Å². The topological polar surface area (TPSA) is 118 Å². The first kappa shape index (κ1) is 22.5. The van der Waals surface area contributed by atoms with Crippen molar-refractivity contribution in [3.8, 4) is 0 Å². The Balaban J connectivity index is 2.08. The van der Waals surface area contributed by atoms with Gasteiger partial charge in [-0.2, -0.15) is 8.42 Å². The van der Waals surface area contributed by atoms with E-state index in [1.54, 1.807) is 6.92 Å². The molecule has 1 aromatic carbocycles. The molecule has 0 atom stereocenters. The largest absolute Gasteiger partial charge is 0.495 e. The summed E-state index contributed by atoms with van der Waals surface area (Å²) in [5.74, 6) is -1.01. The molecule has 0 unspecified atom stereocenters. The number of carbonyl (C=O) groups excluding carboxylic acids is 1. The Labute approximate surface area is 175 Å². The lowest BCUT2D eigenvalue weighted by atomic mass is 9.77. The summed E-state index contributed by atoms with van der Waals surface area (Å²) in [5.41, 5.74) is 0.249. The third-order valence-electron chi connectivity index (χ3n) is 4.55. The maximum absolute atomic E-state index is 13.1. The van der Waals surface area contributed by atoms with Gasteiger partial charge in [0.05, 0.1) is 12.0 Å². The van der Waals surface area contributed by atoms with E-state index in [0.29, 0.717) is 17.2 Å². The second-order valence-corrected chi connectivity index (χ2v) is 13.0. The van der Waals surface area contributed by atoms with E-state index >= 15 is 0 Å². The van der Waals surface area contributed by atoms with Crippen LogP contribution in [0.5, 0.6) is 0 Å². The fraction of sp³-hybridized carbons (Fsp3) is 0.389. The highest BCUT2D eigenvalue weighted by Gasteiger charge is 2.40. The molecule has 12 heteroatoms. The summed E-state index contributed by atoms with van der Waals surface area (Å²) in [5, 5.41) is 0. The minimum Gasteiger partial charge on any atom is -0.464 e. The molecule has 1 aliphatic heterocycles. The van der Waals surface area contributed by atoms with Gasteiger partial charge in [-0.25, -0.2) is 17.2 Å². The highest BCUT2D eigenvalue weighted by atomic mass is 33.2. The van der Waals surface area contributed by atoms with Crippen LogP contribution in [-0.2, 0) is 32.0 Å². The Morgan fingerprint density at radius 1 is 1.10 bits per heavy atom. The quantitative estimate of drug-likeness (QED) is 0.371. The molecular weight excluding hydrogens is 433 g/mol. The molecule has 3 rings (SSSR count). The number of ether oxygens (including phenoxy) is 1. The van der Waals surface area contributed by atoms with E-state index in [0.717, 1.165) is 18.9 Å². The van der Waals surface area contributed by atoms with E-state index in [1.165, 1.54) is 30.3 Å². The lowest BCUT2D eigenvalue weighted by molar-refractivity contribution is 0.0343. The van der Waals surface area contributed by atoms with Crippen LogP contribution in [0.1, 0.15) is 29.9 Å². The molecule has 0 radical (unpaired) electrons. The predicted octanol–water partition coefficient (Wildman–Crippen LogP) is 0.918. The molecule has 30 heavy (non-hydrogen) atoms. The molecular formula is C18H22BNO8S2. The molecule has 2 heterocycles. The third kappa shape index (κ3) is 4.04. The highest BCUT2D eigenvalue weighted by Crippen LogP contribution is 2.24. The molecule has 2 aromatic rings. The van der Waals surface area contributed by atoms with Crippen molar-refractivity contribution in [3.63, 3.8) is 0 Å². The zero-order valence-electron chi connectivity index (χ0n) is 17.0. The van der Waals surface area contributed by atoms with Crippen LogP contribution in [0, 0.1) is 12.3 Å². The molecule has 0 N–H and O–H groups in total. The summed E-state index contributed by atoms with van der Waals surface area (Å²) in [4.78, 5) is 11.8. The maximum atomic E-state index is 13.1. The third-order valence-corrected chi connectivity index (χ3v) is 9.46. The highest BCUT2D eigenvalue weighted by molar-refractivity contribution is 8.66. The second-order valence-electron chi connectivity index (χ2n) is 7.79. The first-order chi connectivity index (χ1) is 13.9. The molecule has 1 aromatic heterocycles. The van der Waals surface area contributed by atoms with Crippen LogP contribution in [0.4, 0.5) is 0 Å². The summed E-state index contributed by atoms with van der Waals surface area (Å²) in [6, 6.07) is 6.54. The molecule has 0 bridgehead atoms. The molecule has 1 fully saturated rings. The van der Waals surface area contributed by atoms with Crippen molar-refractivity contribution in [1.29, 1.82) is 0 Å². The molecule has 1 aliphatic rings. The maximum Gasteiger partial charge on any atom is 0.495 e. The predicted molar refractivity (Wildman–Crippen MR) is 110 cm³/mol. The van der Waals surface area contributed by atoms with Crippen molar-refractivity contribution in [1.82, 2.24) is 3.97 Å². The SMILES string of the molecule is COC(=O)c1cc(B2OCC(C)(C)CO2)cn1S(=O)(=O)S(=O)(=O)c1ccc(C)cc1. The van der Waals surface area contributed by atoms with Gasteiger partial charge in [0.1, 0.15) is 5.69 Å². The van der Waals surface area contributed by atoms with Crippen molar-refractivity contribution >= 4 is 36.5 Å². The number of nitrogens with zero attached hydrogens (tertiary/aromatic N) is 1. The first-order valence-electron chi connectivity index (χ1n) is 9.00. The Hall–Kier alpha value is -2.15. The lowest BCUT2D eigenvalue weighted by Gasteiger charge is -2.32. The number of carbonyl (C=O) groups is 1. The molecule has 0 saturated carbocycles. The van der Waals surface area contributed by atoms with Gasteiger partial charge in [-0.3, -0.25) is 0 Å². The van der Waals surface area contributed by atoms with E-state index in [1.807, 2.05) is 13.8 Å². The zero-order valence-corrected chi connectivity index (χ0v) is 18.6. The Bertz CT molecular complexity index is 1160. The van der Waals surface area contributed by atoms with E-state index in [-0.39, 0.29) is 10.9 Å². The number of aromatic nitrogens is 1. The van der Waals surface area contributed by atoms with E-state index < -0.39 is 41.6 Å². The minimum absolute atomic E-state index is 0.189. The van der Waals surface area contributed by atoms with Crippen molar-refractivity contribution in [2.45, 2.75) is 25.7 Å². The summed E-state index contributed by atoms with van der Waals surface area (Å²) in [7, 11) is -9.80. The van der Waals surface area contributed by atoms with Gasteiger partial charge in [0, 0.05) is 30.3 Å². The number of benzene rings is 1. The van der Waals surface area contributed by atoms with E-state index in [4.69, 9.17) is 9.31 Å². The van der Waals surface area contributed by atoms with Crippen LogP contribution in [-0.4, -0.2) is 54.2 Å². The average molecular weight is 455 g/mol.